The van der Waals surface area contributed by atoms with Gasteiger partial charge in [0.1, 0.15) is 5.75 Å². The first-order chi connectivity index (χ1) is 20.7. The number of carbonyl (C=O) groups is 2. The summed E-state index contributed by atoms with van der Waals surface area (Å²) in [7, 11) is 0. The van der Waals surface area contributed by atoms with E-state index in [-0.39, 0.29) is 23.2 Å². The second-order valence-electron chi connectivity index (χ2n) is 12.2. The van der Waals surface area contributed by atoms with E-state index in [1.165, 1.54) is 0 Å². The van der Waals surface area contributed by atoms with Crippen LogP contribution in [0.3, 0.4) is 0 Å². The van der Waals surface area contributed by atoms with Crippen molar-refractivity contribution in [2.75, 3.05) is 39.3 Å². The first-order valence-electron chi connectivity index (χ1n) is 15.2. The van der Waals surface area contributed by atoms with Crippen LogP contribution in [0.2, 0.25) is 10.0 Å². The molecule has 43 heavy (non-hydrogen) atoms. The van der Waals surface area contributed by atoms with Gasteiger partial charge in [-0.25, -0.2) is 0 Å². The monoisotopic (exact) mass is 621 g/mol. The Hall–Kier alpha value is -2.90. The first kappa shape index (κ1) is 31.5. The molecular formula is C35H41Cl2N3O3. The molecule has 228 valence electrons. The van der Waals surface area contributed by atoms with Crippen LogP contribution in [0, 0.1) is 0 Å². The number of ether oxygens (including phenoxy) is 1. The standard InChI is InChI=1S/C35H41Cl2N3O3/c1-25(2)43-29-10-6-7-26(21-29)32(41)23-40-20-16-34(24-40,28-11-12-30(36)31(37)22-28)13-19-39-33(42)35(14-17-38-18-15-35)27-8-4-3-5-9-27/h3-12,21-22,25,38H,13-20,23-24H2,1-2H3,(H,39,42). The van der Waals surface area contributed by atoms with Gasteiger partial charge in [0.15, 0.2) is 5.78 Å². The lowest BCUT2D eigenvalue weighted by Gasteiger charge is -2.37. The Morgan fingerprint density at radius 3 is 2.42 bits per heavy atom. The van der Waals surface area contributed by atoms with E-state index in [2.05, 4.69) is 27.7 Å². The molecule has 3 aromatic carbocycles. The fraction of sp³-hybridized carbons (Fsp3) is 0.429. The summed E-state index contributed by atoms with van der Waals surface area (Å²) in [5.74, 6) is 0.839. The number of ketones is 1. The molecule has 2 aliphatic rings. The summed E-state index contributed by atoms with van der Waals surface area (Å²) in [6.45, 7) is 7.84. The molecule has 3 aromatic rings. The molecule has 0 saturated carbocycles. The summed E-state index contributed by atoms with van der Waals surface area (Å²) in [6.07, 6.45) is 3.13. The topological polar surface area (TPSA) is 70.7 Å². The number of piperidine rings is 1. The van der Waals surface area contributed by atoms with Crippen molar-refractivity contribution in [1.82, 2.24) is 15.5 Å². The van der Waals surface area contributed by atoms with Crippen LogP contribution in [0.25, 0.3) is 0 Å². The average Bonchev–Trinajstić information content (AvgIpc) is 3.42. The van der Waals surface area contributed by atoms with Crippen LogP contribution in [-0.4, -0.2) is 62.0 Å². The van der Waals surface area contributed by atoms with E-state index in [0.717, 1.165) is 56.4 Å². The van der Waals surface area contributed by atoms with E-state index in [0.29, 0.717) is 41.0 Å². The molecule has 2 aliphatic heterocycles. The number of Topliss-reactive ketones (excluding diaryl/α,β-unsaturated/α-hetero) is 1. The van der Waals surface area contributed by atoms with Crippen molar-refractivity contribution in [3.8, 4) is 5.75 Å². The lowest BCUT2D eigenvalue weighted by Crippen LogP contribution is -2.51. The molecule has 0 spiro atoms. The number of rotatable bonds is 11. The second-order valence-corrected chi connectivity index (χ2v) is 13.0. The van der Waals surface area contributed by atoms with Crippen molar-refractivity contribution in [2.24, 2.45) is 0 Å². The van der Waals surface area contributed by atoms with Gasteiger partial charge in [-0.3, -0.25) is 14.5 Å². The van der Waals surface area contributed by atoms with E-state index in [1.807, 2.05) is 74.5 Å². The van der Waals surface area contributed by atoms with Gasteiger partial charge in [0.2, 0.25) is 5.91 Å². The van der Waals surface area contributed by atoms with Gasteiger partial charge >= 0.3 is 0 Å². The van der Waals surface area contributed by atoms with E-state index < -0.39 is 5.41 Å². The van der Waals surface area contributed by atoms with Crippen LogP contribution < -0.4 is 15.4 Å². The number of hydrogen-bond acceptors (Lipinski definition) is 5. The molecule has 2 heterocycles. The maximum absolute atomic E-state index is 13.9. The normalized spacial score (nSPS) is 20.2. The predicted octanol–water partition coefficient (Wildman–Crippen LogP) is 6.43. The number of nitrogens with one attached hydrogen (secondary N) is 2. The van der Waals surface area contributed by atoms with Crippen molar-refractivity contribution in [2.45, 2.75) is 56.5 Å². The first-order valence-corrected chi connectivity index (χ1v) is 16.0. The molecular weight excluding hydrogens is 581 g/mol. The van der Waals surface area contributed by atoms with Crippen LogP contribution in [-0.2, 0) is 15.6 Å². The molecule has 2 N–H and O–H groups in total. The second kappa shape index (κ2) is 13.8. The number of likely N-dealkylation sites (tertiary alicyclic amines) is 1. The average molecular weight is 623 g/mol. The molecule has 6 nitrogen and oxygen atoms in total. The number of halogens is 2. The Labute approximate surface area is 265 Å². The quantitative estimate of drug-likeness (QED) is 0.241. The minimum atomic E-state index is -0.537. The highest BCUT2D eigenvalue weighted by atomic mass is 35.5. The SMILES string of the molecule is CC(C)Oc1cccc(C(=O)CN2CCC(CCNC(=O)C3(c4ccccc4)CCNCC3)(c3ccc(Cl)c(Cl)c3)C2)c1. The van der Waals surface area contributed by atoms with E-state index in [1.54, 1.807) is 0 Å². The number of amides is 1. The summed E-state index contributed by atoms with van der Waals surface area (Å²) < 4.78 is 5.80. The Bertz CT molecular complexity index is 1420. The smallest absolute Gasteiger partial charge is 0.230 e. The van der Waals surface area contributed by atoms with Crippen LogP contribution in [0.5, 0.6) is 5.75 Å². The van der Waals surface area contributed by atoms with E-state index in [4.69, 9.17) is 27.9 Å². The number of nitrogens with zero attached hydrogens (tertiary/aromatic N) is 1. The highest BCUT2D eigenvalue weighted by Gasteiger charge is 2.43. The minimum absolute atomic E-state index is 0.0357. The van der Waals surface area contributed by atoms with Gasteiger partial charge < -0.3 is 15.4 Å². The summed E-state index contributed by atoms with van der Waals surface area (Å²) >= 11 is 12.8. The maximum Gasteiger partial charge on any atom is 0.230 e. The lowest BCUT2D eigenvalue weighted by molar-refractivity contribution is -0.127. The highest BCUT2D eigenvalue weighted by Crippen LogP contribution is 2.40. The fourth-order valence-electron chi connectivity index (χ4n) is 6.65. The summed E-state index contributed by atoms with van der Waals surface area (Å²) in [6, 6.07) is 23.4. The molecule has 1 unspecified atom stereocenters. The summed E-state index contributed by atoms with van der Waals surface area (Å²) in [5, 5.41) is 7.74. The Balaban J connectivity index is 1.31. The number of hydrogen-bond donors (Lipinski definition) is 2. The Morgan fingerprint density at radius 2 is 1.70 bits per heavy atom. The molecule has 2 saturated heterocycles. The number of carbonyl (C=O) groups excluding carboxylic acids is 2. The van der Waals surface area contributed by atoms with E-state index in [9.17, 15) is 9.59 Å². The molecule has 0 radical (unpaired) electrons. The molecule has 5 rings (SSSR count). The molecule has 1 amide bonds. The fourth-order valence-corrected chi connectivity index (χ4v) is 6.95. The van der Waals surface area contributed by atoms with Crippen LogP contribution >= 0.6 is 23.2 Å². The van der Waals surface area contributed by atoms with Crippen molar-refractivity contribution < 1.29 is 14.3 Å². The zero-order valence-corrected chi connectivity index (χ0v) is 26.5. The zero-order valence-electron chi connectivity index (χ0n) is 25.0. The predicted molar refractivity (Wildman–Crippen MR) is 174 cm³/mol. The maximum atomic E-state index is 13.9. The third kappa shape index (κ3) is 7.26. The van der Waals surface area contributed by atoms with E-state index >= 15 is 0 Å². The third-order valence-corrected chi connectivity index (χ3v) is 9.71. The van der Waals surface area contributed by atoms with Gasteiger partial charge in [0.25, 0.3) is 0 Å². The van der Waals surface area contributed by atoms with Gasteiger partial charge in [-0.1, -0.05) is 71.7 Å². The third-order valence-electron chi connectivity index (χ3n) is 8.97. The molecule has 2 fully saturated rings. The van der Waals surface area contributed by atoms with Gasteiger partial charge in [0.05, 0.1) is 28.1 Å². The van der Waals surface area contributed by atoms with Crippen molar-refractivity contribution in [3.63, 3.8) is 0 Å². The van der Waals surface area contributed by atoms with Crippen LogP contribution in [0.1, 0.15) is 61.0 Å². The van der Waals surface area contributed by atoms with Gasteiger partial charge in [-0.05, 0) is 94.6 Å². The molecule has 0 aliphatic carbocycles. The summed E-state index contributed by atoms with van der Waals surface area (Å²) in [4.78, 5) is 29.4. The van der Waals surface area contributed by atoms with Crippen molar-refractivity contribution in [3.05, 3.63) is 99.5 Å². The minimum Gasteiger partial charge on any atom is -0.491 e. The summed E-state index contributed by atoms with van der Waals surface area (Å²) in [5.41, 5.74) is 1.98. The largest absolute Gasteiger partial charge is 0.491 e. The Morgan fingerprint density at radius 1 is 0.930 bits per heavy atom. The number of benzene rings is 3. The molecule has 0 aromatic heterocycles. The van der Waals surface area contributed by atoms with Gasteiger partial charge in [-0.2, -0.15) is 0 Å². The van der Waals surface area contributed by atoms with Crippen LogP contribution in [0.15, 0.2) is 72.8 Å². The Kier molecular flexibility index (Phi) is 10.1. The highest BCUT2D eigenvalue weighted by molar-refractivity contribution is 6.42. The lowest BCUT2D eigenvalue weighted by atomic mass is 9.72. The van der Waals surface area contributed by atoms with Crippen LogP contribution in [0.4, 0.5) is 0 Å². The zero-order chi connectivity index (χ0) is 30.5. The molecule has 1 atom stereocenters. The molecule has 0 bridgehead atoms. The van der Waals surface area contributed by atoms with Crippen molar-refractivity contribution >= 4 is 34.9 Å². The van der Waals surface area contributed by atoms with Gasteiger partial charge in [0, 0.05) is 24.1 Å². The van der Waals surface area contributed by atoms with Crippen molar-refractivity contribution in [1.29, 1.82) is 0 Å². The van der Waals surface area contributed by atoms with Gasteiger partial charge in [-0.15, -0.1) is 0 Å². The molecule has 8 heteroatoms.